The Morgan fingerprint density at radius 2 is 0.633 bits per heavy atom. The fourth-order valence-corrected chi connectivity index (χ4v) is 29.7. The molecule has 8 atom stereocenters. The lowest BCUT2D eigenvalue weighted by Crippen LogP contribution is -2.78. The second kappa shape index (κ2) is 31.1. The molecule has 0 radical (unpaired) electrons. The third-order valence-corrected chi connectivity index (χ3v) is 34.7. The van der Waals surface area contributed by atoms with Crippen LogP contribution in [0.3, 0.4) is 0 Å². The predicted octanol–water partition coefficient (Wildman–Crippen LogP) is 14.4. The van der Waals surface area contributed by atoms with Crippen molar-refractivity contribution in [1.82, 2.24) is 19.6 Å². The number of benzene rings is 10. The molecule has 0 bridgehead atoms. The third kappa shape index (κ3) is 12.3. The Kier molecular flexibility index (Phi) is 21.4. The lowest BCUT2D eigenvalue weighted by molar-refractivity contribution is -0.224. The molecule has 22 nitrogen and oxygen atoms in total. The third-order valence-electron chi connectivity index (χ3n) is 23.9. The Morgan fingerprint density at radius 1 is 0.383 bits per heavy atom. The minimum atomic E-state index is -5.32. The van der Waals surface area contributed by atoms with Crippen LogP contribution in [0, 0.1) is 11.8 Å². The largest absolute Gasteiger partial charge is 0.459 e. The fraction of sp³-hybridized carbons (Fsp3) is 0.261. The Balaban J connectivity index is 1.10. The molecule has 6 heterocycles. The predicted molar refractivity (Wildman–Crippen MR) is 459 cm³/mol. The summed E-state index contributed by atoms with van der Waals surface area (Å²) in [4.78, 5) is 130. The first-order valence-corrected chi connectivity index (χ1v) is 46.1. The van der Waals surface area contributed by atoms with Crippen molar-refractivity contribution in [2.45, 2.75) is 118 Å². The summed E-state index contributed by atoms with van der Waals surface area (Å²) >= 11 is 0. The first-order chi connectivity index (χ1) is 57.5. The van der Waals surface area contributed by atoms with Crippen LogP contribution in [0.5, 0.6) is 0 Å². The smallest absolute Gasteiger partial charge is 0.311 e. The molecule has 6 aliphatic heterocycles. The van der Waals surface area contributed by atoms with Crippen LogP contribution in [0.25, 0.3) is 0 Å². The van der Waals surface area contributed by atoms with E-state index in [9.17, 15) is 9.59 Å². The number of sulfonamides is 2. The number of anilines is 2. The number of esters is 4. The number of amides is 4. The number of hydrogen-bond acceptors (Lipinski definition) is 20. The molecular weight excluding hydrogens is 1640 g/mol. The van der Waals surface area contributed by atoms with Gasteiger partial charge in [0.1, 0.15) is 21.8 Å². The fourth-order valence-electron chi connectivity index (χ4n) is 18.4. The Hall–Kier alpha value is -11.1. The van der Waals surface area contributed by atoms with Crippen molar-refractivity contribution in [3.63, 3.8) is 0 Å². The van der Waals surface area contributed by atoms with Gasteiger partial charge in [-0.05, 0) is 80.9 Å². The summed E-state index contributed by atoms with van der Waals surface area (Å²) in [7, 11) is -4.08. The van der Waals surface area contributed by atoms with Gasteiger partial charge < -0.3 is 18.9 Å². The van der Waals surface area contributed by atoms with Gasteiger partial charge in [0.05, 0.1) is 43.8 Å². The summed E-state index contributed by atoms with van der Waals surface area (Å²) in [5.74, 6) is -10.8. The molecule has 10 aromatic carbocycles. The molecule has 16 rings (SSSR count). The molecule has 8 unspecified atom stereocenters. The van der Waals surface area contributed by atoms with Crippen molar-refractivity contribution in [3.05, 3.63) is 336 Å². The van der Waals surface area contributed by atoms with E-state index in [1.165, 1.54) is 102 Å². The average molecular weight is 1720 g/mol. The minimum absolute atomic E-state index is 0.0478. The number of para-hydroxylation sites is 2. The highest BCUT2D eigenvalue weighted by Gasteiger charge is 2.89. The Morgan fingerprint density at radius 3 is 0.892 bits per heavy atom. The standard InChI is InChI=1S/C92H84N6O16S6/c1-61(2)77(101)113-87(59-111-63(5)99)81(103)95-79-85(73-53-33-35-55-75(73)97(79)119(107,108)71-49-29-15-30-50-71,57-89(95,83(105)93(87)7)115-117-91(65-37-17-9-18-38-65,66-39-19-10-20-40-66)67-41-21-11-22-42-67)86-58-90(116-118-92(68-43-23-12-24-44-68,69-45-25-13-26-46-69)70-47-27-14-28-48-70)84(106)94(8)88(60-112-64(6)100,114-78(102)62(3)4)82(104)96(90)80(86)98(76-56-36-34-54-74(76)86)120(109,110)72-51-31-16-32-52-72/h9-56,61-62,79-80H,57-60H2,1-8H3. The number of ether oxygens (including phenoxy) is 4. The number of piperazine rings is 2. The molecule has 0 spiro atoms. The highest BCUT2D eigenvalue weighted by molar-refractivity contribution is 8.78. The number of nitrogens with zero attached hydrogens (tertiary/aromatic N) is 6. The van der Waals surface area contributed by atoms with E-state index >= 15 is 45.6 Å². The molecule has 0 N–H and O–H groups in total. The van der Waals surface area contributed by atoms with Gasteiger partial charge >= 0.3 is 35.3 Å². The lowest BCUT2D eigenvalue weighted by atomic mass is 9.54. The average Bonchev–Trinajstić information content (AvgIpc) is 1.44. The van der Waals surface area contributed by atoms with Crippen molar-refractivity contribution in [2.75, 3.05) is 35.9 Å². The van der Waals surface area contributed by atoms with Gasteiger partial charge in [0, 0.05) is 40.8 Å². The molecule has 4 fully saturated rings. The molecular formula is C92H84N6O16S6. The van der Waals surface area contributed by atoms with Gasteiger partial charge in [0.2, 0.25) is 0 Å². The van der Waals surface area contributed by atoms with Gasteiger partial charge in [-0.25, -0.2) is 25.4 Å². The Bertz CT molecular complexity index is 5370. The van der Waals surface area contributed by atoms with Crippen LogP contribution in [0.15, 0.2) is 301 Å². The molecule has 614 valence electrons. The van der Waals surface area contributed by atoms with E-state index in [1.807, 2.05) is 182 Å². The van der Waals surface area contributed by atoms with Crippen LogP contribution in [-0.4, -0.2) is 145 Å². The zero-order valence-corrected chi connectivity index (χ0v) is 71.4. The van der Waals surface area contributed by atoms with E-state index < -0.39 is 159 Å². The number of carbonyl (C=O) groups is 8. The first-order valence-electron chi connectivity index (χ1n) is 39.0. The van der Waals surface area contributed by atoms with E-state index in [0.717, 1.165) is 85.2 Å². The van der Waals surface area contributed by atoms with Crippen molar-refractivity contribution >= 4 is 122 Å². The number of fused-ring (bicyclic) bond motifs is 11. The van der Waals surface area contributed by atoms with Gasteiger partial charge in [0.15, 0.2) is 23.0 Å². The highest BCUT2D eigenvalue weighted by Crippen LogP contribution is 2.79. The molecule has 0 saturated carbocycles. The molecule has 4 amide bonds. The van der Waals surface area contributed by atoms with Crippen LogP contribution >= 0.6 is 43.2 Å². The van der Waals surface area contributed by atoms with E-state index in [4.69, 9.17) is 18.9 Å². The second-order valence-corrected chi connectivity index (χ2v) is 40.0. The molecule has 0 aromatic heterocycles. The maximum Gasteiger partial charge on any atom is 0.311 e. The summed E-state index contributed by atoms with van der Waals surface area (Å²) in [5.41, 5.74) is -7.32. The first kappa shape index (κ1) is 82.6. The van der Waals surface area contributed by atoms with Crippen molar-refractivity contribution in [1.29, 1.82) is 0 Å². The van der Waals surface area contributed by atoms with Gasteiger partial charge in [-0.3, -0.25) is 58.0 Å². The van der Waals surface area contributed by atoms with E-state index in [2.05, 4.69) is 0 Å². The summed E-state index contributed by atoms with van der Waals surface area (Å²) in [5, 5.41) is 0. The lowest BCUT2D eigenvalue weighted by Gasteiger charge is -2.54. The van der Waals surface area contributed by atoms with Crippen molar-refractivity contribution < 1.29 is 74.1 Å². The van der Waals surface area contributed by atoms with Crippen LogP contribution < -0.4 is 8.61 Å². The van der Waals surface area contributed by atoms with Gasteiger partial charge in [-0.15, -0.1) is 0 Å². The number of rotatable bonds is 25. The van der Waals surface area contributed by atoms with Crippen LogP contribution in [0.4, 0.5) is 11.4 Å². The summed E-state index contributed by atoms with van der Waals surface area (Å²) < 4.78 is 94.8. The molecule has 10 aromatic rings. The highest BCUT2D eigenvalue weighted by atomic mass is 33.1. The number of likely N-dealkylation sites (N-methyl/N-ethyl adjacent to an activating group) is 2. The SMILES string of the molecule is CC(=O)OCC1(OC(=O)C(C)C)C(=O)N2C3N(S(=O)(=O)c4ccccc4)c4ccccc4C3(C34CC5(SSC(c6ccccc6)(c6ccccc6)c6ccccc6)C(=O)N(C)C(COC(C)=O)(OC(=O)C(C)C)C(=O)N5C3N(S(=O)(=O)c3ccccc3)c3ccccc34)CC2(SSC(c2ccccc2)(c2ccccc2)c2ccccc2)C(=O)N1C. The molecule has 6 aliphatic rings. The van der Waals surface area contributed by atoms with Crippen molar-refractivity contribution in [3.8, 4) is 0 Å². The van der Waals surface area contributed by atoms with Crippen molar-refractivity contribution in [2.24, 2.45) is 11.8 Å². The monoisotopic (exact) mass is 1720 g/mol. The summed E-state index contributed by atoms with van der Waals surface area (Å²) in [6.45, 7) is 5.76. The van der Waals surface area contributed by atoms with Crippen LogP contribution in [0.2, 0.25) is 0 Å². The zero-order chi connectivity index (χ0) is 84.7. The normalized spacial score (nSPS) is 23.7. The maximum atomic E-state index is 18.5. The zero-order valence-electron chi connectivity index (χ0n) is 66.5. The summed E-state index contributed by atoms with van der Waals surface area (Å²) in [6.07, 6.45) is -6.16. The van der Waals surface area contributed by atoms with Crippen LogP contribution in [0.1, 0.15) is 98.9 Å². The number of carbonyl (C=O) groups excluding carboxylic acids is 8. The maximum absolute atomic E-state index is 18.5. The molecule has 120 heavy (non-hydrogen) atoms. The van der Waals surface area contributed by atoms with E-state index in [0.29, 0.717) is 33.4 Å². The van der Waals surface area contributed by atoms with Gasteiger partial charge in [0.25, 0.3) is 43.7 Å². The molecule has 4 saturated heterocycles. The van der Waals surface area contributed by atoms with E-state index in [1.54, 1.807) is 48.5 Å². The number of hydrogen-bond donors (Lipinski definition) is 0. The van der Waals surface area contributed by atoms with Gasteiger partial charge in [-0.2, -0.15) is 0 Å². The molecule has 28 heteroatoms. The Labute approximate surface area is 712 Å². The minimum Gasteiger partial charge on any atom is -0.459 e. The van der Waals surface area contributed by atoms with Crippen LogP contribution in [-0.2, 0) is 97.7 Å². The van der Waals surface area contributed by atoms with E-state index in [-0.39, 0.29) is 32.3 Å². The second-order valence-electron chi connectivity index (χ2n) is 31.1. The van der Waals surface area contributed by atoms with Gasteiger partial charge in [-0.1, -0.05) is 326 Å². The summed E-state index contributed by atoms with van der Waals surface area (Å²) in [6, 6.07) is 84.0. The quantitative estimate of drug-likeness (QED) is 0.0223. The topological polar surface area (TPSA) is 261 Å². The molecule has 0 aliphatic carbocycles.